The molecule has 7 aromatic carbocycles. The molecular weight excluding hydrogens is 773 g/mol. The second-order valence-electron chi connectivity index (χ2n) is 21.5. The summed E-state index contributed by atoms with van der Waals surface area (Å²) in [5.74, 6) is -1.15. The smallest absolute Gasteiger partial charge is 0.252 e. The molecule has 0 unspecified atom stereocenters. The first-order chi connectivity index (χ1) is 29.6. The first kappa shape index (κ1) is 42.4. The van der Waals surface area contributed by atoms with Crippen LogP contribution in [0.2, 0.25) is 0 Å². The topological polar surface area (TPSA) is 6.48 Å². The number of hydrogen-bond donors (Lipinski definition) is 0. The number of halogens is 2. The van der Waals surface area contributed by atoms with Crippen molar-refractivity contribution in [1.29, 1.82) is 0 Å². The van der Waals surface area contributed by atoms with Crippen LogP contribution in [0.4, 0.5) is 42.9 Å². The molecule has 0 aromatic heterocycles. The maximum Gasteiger partial charge on any atom is 0.252 e. The van der Waals surface area contributed by atoms with Crippen LogP contribution in [0.1, 0.15) is 110 Å². The van der Waals surface area contributed by atoms with Crippen molar-refractivity contribution in [3.8, 4) is 11.1 Å². The Hall–Kier alpha value is -5.94. The molecule has 2 aliphatic rings. The van der Waals surface area contributed by atoms with Gasteiger partial charge in [0.25, 0.3) is 6.71 Å². The first-order valence-electron chi connectivity index (χ1n) is 22.4. The third-order valence-corrected chi connectivity index (χ3v) is 13.6. The van der Waals surface area contributed by atoms with E-state index < -0.39 is 17.0 Å². The maximum atomic E-state index is 14.9. The van der Waals surface area contributed by atoms with Gasteiger partial charge in [-0.05, 0) is 139 Å². The van der Waals surface area contributed by atoms with Gasteiger partial charge in [-0.25, -0.2) is 8.78 Å². The van der Waals surface area contributed by atoms with Gasteiger partial charge in [0.2, 0.25) is 0 Å². The van der Waals surface area contributed by atoms with E-state index in [2.05, 4.69) is 214 Å². The number of hydrogen-bond acceptors (Lipinski definition) is 2. The number of anilines is 6. The molecule has 0 saturated heterocycles. The Morgan fingerprint density at radius 2 is 0.889 bits per heavy atom. The Bertz CT molecular complexity index is 2890. The highest BCUT2D eigenvalue weighted by molar-refractivity contribution is 7.00. The summed E-state index contributed by atoms with van der Waals surface area (Å²) in [7, 11) is 0. The minimum absolute atomic E-state index is 0.0134. The average Bonchev–Trinajstić information content (AvgIpc) is 3.22. The van der Waals surface area contributed by atoms with Crippen molar-refractivity contribution in [2.24, 2.45) is 0 Å². The van der Waals surface area contributed by atoms with Crippen molar-refractivity contribution in [3.63, 3.8) is 0 Å². The van der Waals surface area contributed by atoms with Gasteiger partial charge in [-0.3, -0.25) is 0 Å². The fourth-order valence-electron chi connectivity index (χ4n) is 9.77. The number of nitrogens with zero attached hydrogens (tertiary/aromatic N) is 2. The molecular formula is C58H59BF2N2. The number of rotatable bonds is 5. The van der Waals surface area contributed by atoms with Crippen LogP contribution in [-0.4, -0.2) is 6.71 Å². The molecule has 318 valence electrons. The van der Waals surface area contributed by atoms with E-state index in [0.29, 0.717) is 5.56 Å². The van der Waals surface area contributed by atoms with E-state index >= 15 is 0 Å². The zero-order chi connectivity index (χ0) is 45.0. The Labute approximate surface area is 374 Å². The van der Waals surface area contributed by atoms with Gasteiger partial charge in [-0.2, -0.15) is 0 Å². The summed E-state index contributed by atoms with van der Waals surface area (Å²) < 4.78 is 29.9. The Morgan fingerprint density at radius 1 is 0.413 bits per heavy atom. The molecule has 9 rings (SSSR count). The fraction of sp³-hybridized carbons (Fsp3) is 0.276. The van der Waals surface area contributed by atoms with Crippen LogP contribution in [0, 0.1) is 18.6 Å². The summed E-state index contributed by atoms with van der Waals surface area (Å²) >= 11 is 0. The Kier molecular flexibility index (Phi) is 9.97. The van der Waals surface area contributed by atoms with Crippen LogP contribution in [-0.2, 0) is 21.7 Å². The molecule has 7 aromatic rings. The molecule has 0 spiro atoms. The number of benzene rings is 7. The largest absolute Gasteiger partial charge is 0.311 e. The summed E-state index contributed by atoms with van der Waals surface area (Å²) in [4.78, 5) is 4.97. The lowest BCUT2D eigenvalue weighted by molar-refractivity contribution is 0.561. The van der Waals surface area contributed by atoms with Gasteiger partial charge in [-0.1, -0.05) is 149 Å². The van der Waals surface area contributed by atoms with Gasteiger partial charge in [0.15, 0.2) is 0 Å². The highest BCUT2D eigenvalue weighted by Gasteiger charge is 2.45. The van der Waals surface area contributed by atoms with Crippen LogP contribution in [0.15, 0.2) is 140 Å². The third kappa shape index (κ3) is 7.38. The van der Waals surface area contributed by atoms with Crippen LogP contribution >= 0.6 is 0 Å². The molecule has 0 atom stereocenters. The van der Waals surface area contributed by atoms with Crippen molar-refractivity contribution in [3.05, 3.63) is 185 Å². The average molecular weight is 833 g/mol. The molecule has 0 fully saturated rings. The van der Waals surface area contributed by atoms with Crippen LogP contribution in [0.25, 0.3) is 11.1 Å². The molecule has 63 heavy (non-hydrogen) atoms. The Morgan fingerprint density at radius 3 is 1.46 bits per heavy atom. The second-order valence-corrected chi connectivity index (χ2v) is 21.5. The van der Waals surface area contributed by atoms with Crippen molar-refractivity contribution < 1.29 is 8.78 Å². The van der Waals surface area contributed by atoms with Crippen molar-refractivity contribution in [2.45, 2.75) is 105 Å². The van der Waals surface area contributed by atoms with Crippen LogP contribution in [0.5, 0.6) is 0 Å². The maximum absolute atomic E-state index is 14.9. The van der Waals surface area contributed by atoms with E-state index in [1.54, 1.807) is 0 Å². The van der Waals surface area contributed by atoms with E-state index in [9.17, 15) is 8.78 Å². The van der Waals surface area contributed by atoms with Gasteiger partial charge in [0, 0.05) is 45.5 Å². The van der Waals surface area contributed by atoms with Crippen molar-refractivity contribution in [1.82, 2.24) is 0 Å². The molecule has 0 aliphatic carbocycles. The number of aryl methyl sites for hydroxylation is 1. The molecule has 2 aliphatic heterocycles. The molecule has 0 amide bonds. The highest BCUT2D eigenvalue weighted by Crippen LogP contribution is 2.49. The molecule has 5 heteroatoms. The monoisotopic (exact) mass is 832 g/mol. The molecule has 0 radical (unpaired) electrons. The predicted molar refractivity (Wildman–Crippen MR) is 265 cm³/mol. The third-order valence-electron chi connectivity index (χ3n) is 13.6. The molecule has 0 N–H and O–H groups in total. The zero-order valence-electron chi connectivity index (χ0n) is 39.0. The zero-order valence-corrected chi connectivity index (χ0v) is 39.0. The summed E-state index contributed by atoms with van der Waals surface area (Å²) in [6, 6.07) is 49.3. The summed E-state index contributed by atoms with van der Waals surface area (Å²) in [5, 5.41) is 0. The van der Waals surface area contributed by atoms with Gasteiger partial charge < -0.3 is 9.80 Å². The molecule has 2 heterocycles. The van der Waals surface area contributed by atoms with Crippen LogP contribution < -0.4 is 26.2 Å². The quantitative estimate of drug-likeness (QED) is 0.159. The highest BCUT2D eigenvalue weighted by atomic mass is 19.1. The molecule has 0 saturated carbocycles. The molecule has 2 nitrogen and oxygen atoms in total. The molecule has 0 bridgehead atoms. The fourth-order valence-corrected chi connectivity index (χ4v) is 9.77. The number of fused-ring (bicyclic) bond motifs is 4. The van der Waals surface area contributed by atoms with E-state index in [0.717, 1.165) is 62.3 Å². The SMILES string of the molecule is Cc1cc2c3c(c1)N(c1ccc(C(C)(C)C)cc1-c1ccccc1)c1ccc(C(C)(C)c4cc(F)cc(F)c4)cc1B3c1cc(C(C)(C)C)ccc1N2c1ccc(C(C)(C)C)cc1. The standard InChI is InChI=1S/C58H59BF2N2/c1-36-28-52-54-53(29-36)63(49-25-20-39(56(5,6)7)32-46(49)37-16-14-13-15-17-37)51-27-22-41(58(11,12)42-30-43(60)35-44(61)31-42)34-48(51)59(54)47-33-40(57(8,9)10)21-26-50(47)62(52)45-23-18-38(19-24-45)55(2,3)4/h13-35H,1-12H3. The lowest BCUT2D eigenvalue weighted by Crippen LogP contribution is -2.61. The summed E-state index contributed by atoms with van der Waals surface area (Å²) in [6.45, 7) is 26.7. The van der Waals surface area contributed by atoms with E-state index in [4.69, 9.17) is 0 Å². The van der Waals surface area contributed by atoms with E-state index in [1.165, 1.54) is 45.3 Å². The summed E-state index contributed by atoms with van der Waals surface area (Å²) in [6.07, 6.45) is 0. The van der Waals surface area contributed by atoms with Gasteiger partial charge in [0.05, 0.1) is 5.69 Å². The predicted octanol–water partition coefficient (Wildman–Crippen LogP) is 14.2. The second kappa shape index (κ2) is 14.8. The minimum Gasteiger partial charge on any atom is -0.311 e. The lowest BCUT2D eigenvalue weighted by Gasteiger charge is -2.45. The summed E-state index contributed by atoms with van der Waals surface area (Å²) in [5.41, 5.74) is 18.4. The Balaban J connectivity index is 1.39. The van der Waals surface area contributed by atoms with Gasteiger partial charge in [0.1, 0.15) is 11.6 Å². The van der Waals surface area contributed by atoms with Crippen LogP contribution in [0.3, 0.4) is 0 Å². The lowest BCUT2D eigenvalue weighted by atomic mass is 9.33. The van der Waals surface area contributed by atoms with E-state index in [1.807, 2.05) is 0 Å². The first-order valence-corrected chi connectivity index (χ1v) is 22.4. The van der Waals surface area contributed by atoms with Crippen molar-refractivity contribution in [2.75, 3.05) is 9.80 Å². The normalized spacial score (nSPS) is 13.8. The van der Waals surface area contributed by atoms with Gasteiger partial charge >= 0.3 is 0 Å². The minimum atomic E-state index is -0.714. The van der Waals surface area contributed by atoms with Crippen molar-refractivity contribution >= 4 is 57.2 Å². The van der Waals surface area contributed by atoms with E-state index in [-0.39, 0.29) is 23.0 Å². The van der Waals surface area contributed by atoms with Gasteiger partial charge in [-0.15, -0.1) is 0 Å².